The van der Waals surface area contributed by atoms with E-state index in [0.717, 1.165) is 15.9 Å². The Labute approximate surface area is 92.1 Å². The number of amides is 1. The summed E-state index contributed by atoms with van der Waals surface area (Å²) >= 11 is 3.30. The molecule has 1 rings (SSSR count). The van der Waals surface area contributed by atoms with E-state index in [9.17, 15) is 4.79 Å². The van der Waals surface area contributed by atoms with E-state index in [2.05, 4.69) is 26.2 Å². The lowest BCUT2D eigenvalue weighted by Gasteiger charge is -2.08. The smallest absolute Gasteiger partial charge is 0.226 e. The van der Waals surface area contributed by atoms with Gasteiger partial charge in [-0.25, -0.2) is 4.98 Å². The fourth-order valence-electron chi connectivity index (χ4n) is 0.913. The largest absolute Gasteiger partial charge is 0.324 e. The third-order valence-electron chi connectivity index (χ3n) is 1.81. The first kappa shape index (κ1) is 11.2. The molecule has 0 radical (unpaired) electrons. The highest BCUT2D eigenvalue weighted by Crippen LogP contribution is 2.17. The number of nitrogens with one attached hydrogen (secondary N) is 1. The van der Waals surface area contributed by atoms with Crippen LogP contribution in [-0.4, -0.2) is 10.9 Å². The summed E-state index contributed by atoms with van der Waals surface area (Å²) in [5, 5.41) is 2.79. The van der Waals surface area contributed by atoms with E-state index in [1.54, 1.807) is 6.20 Å². The average molecular weight is 257 g/mol. The number of hydrogen-bond donors (Lipinski definition) is 1. The number of carbonyl (C=O) groups is 1. The highest BCUT2D eigenvalue weighted by molar-refractivity contribution is 9.10. The lowest BCUT2D eigenvalue weighted by atomic mass is 10.2. The number of carbonyl (C=O) groups excluding carboxylic acids is 1. The molecule has 0 atom stereocenters. The fraction of sp³-hybridized carbons (Fsp3) is 0.400. The number of aromatic nitrogens is 1. The Kier molecular flexibility index (Phi) is 3.63. The van der Waals surface area contributed by atoms with Gasteiger partial charge in [0.15, 0.2) is 0 Å². The molecule has 1 aromatic rings. The molecule has 0 bridgehead atoms. The molecule has 3 nitrogen and oxygen atoms in total. The van der Waals surface area contributed by atoms with Gasteiger partial charge in [0.2, 0.25) is 5.91 Å². The van der Waals surface area contributed by atoms with E-state index in [4.69, 9.17) is 0 Å². The Bertz CT molecular complexity index is 350. The molecular formula is C10H13BrN2O. The molecule has 0 aliphatic rings. The number of hydrogen-bond acceptors (Lipinski definition) is 2. The van der Waals surface area contributed by atoms with Crippen molar-refractivity contribution in [3.63, 3.8) is 0 Å². The number of rotatable bonds is 2. The van der Waals surface area contributed by atoms with Crippen LogP contribution in [0.1, 0.15) is 19.4 Å². The molecule has 0 aliphatic heterocycles. The molecule has 14 heavy (non-hydrogen) atoms. The molecule has 0 fully saturated rings. The molecule has 1 aromatic heterocycles. The summed E-state index contributed by atoms with van der Waals surface area (Å²) in [4.78, 5) is 15.5. The number of anilines is 1. The van der Waals surface area contributed by atoms with Crippen LogP contribution in [0.4, 0.5) is 5.69 Å². The quantitative estimate of drug-likeness (QED) is 0.827. The topological polar surface area (TPSA) is 42.0 Å². The SMILES string of the molecule is Cc1cc(NC(=O)C(C)C)cnc1Br. The van der Waals surface area contributed by atoms with Crippen molar-refractivity contribution in [3.05, 3.63) is 22.4 Å². The first-order chi connectivity index (χ1) is 6.50. The lowest BCUT2D eigenvalue weighted by Crippen LogP contribution is -2.17. The van der Waals surface area contributed by atoms with E-state index < -0.39 is 0 Å². The van der Waals surface area contributed by atoms with Gasteiger partial charge >= 0.3 is 0 Å². The minimum Gasteiger partial charge on any atom is -0.324 e. The molecule has 1 amide bonds. The Morgan fingerprint density at radius 2 is 2.21 bits per heavy atom. The van der Waals surface area contributed by atoms with Gasteiger partial charge in [-0.15, -0.1) is 0 Å². The lowest BCUT2D eigenvalue weighted by molar-refractivity contribution is -0.118. The van der Waals surface area contributed by atoms with E-state index in [1.807, 2.05) is 26.8 Å². The van der Waals surface area contributed by atoms with E-state index in [-0.39, 0.29) is 11.8 Å². The van der Waals surface area contributed by atoms with Crippen LogP contribution in [0.2, 0.25) is 0 Å². The molecule has 0 unspecified atom stereocenters. The summed E-state index contributed by atoms with van der Waals surface area (Å²) in [5.74, 6) is -0.00697. The second-order valence-electron chi connectivity index (χ2n) is 3.48. The van der Waals surface area contributed by atoms with Gasteiger partial charge in [0.1, 0.15) is 4.60 Å². The summed E-state index contributed by atoms with van der Waals surface area (Å²) in [7, 11) is 0. The second kappa shape index (κ2) is 4.55. The Morgan fingerprint density at radius 1 is 1.57 bits per heavy atom. The van der Waals surface area contributed by atoms with Crippen molar-refractivity contribution < 1.29 is 4.79 Å². The first-order valence-electron chi connectivity index (χ1n) is 4.43. The van der Waals surface area contributed by atoms with Crippen molar-refractivity contribution in [2.75, 3.05) is 5.32 Å². The maximum atomic E-state index is 11.4. The zero-order chi connectivity index (χ0) is 10.7. The molecule has 0 spiro atoms. The maximum Gasteiger partial charge on any atom is 0.226 e. The Balaban J connectivity index is 2.78. The van der Waals surface area contributed by atoms with Gasteiger partial charge < -0.3 is 5.32 Å². The first-order valence-corrected chi connectivity index (χ1v) is 5.23. The zero-order valence-electron chi connectivity index (χ0n) is 8.47. The minimum absolute atomic E-state index is 0.00789. The summed E-state index contributed by atoms with van der Waals surface area (Å²) in [6, 6.07) is 1.89. The van der Waals surface area contributed by atoms with Gasteiger partial charge in [0, 0.05) is 5.92 Å². The summed E-state index contributed by atoms with van der Waals surface area (Å²) in [6.07, 6.45) is 1.64. The number of pyridine rings is 1. The molecule has 76 valence electrons. The van der Waals surface area contributed by atoms with E-state index in [1.165, 1.54) is 0 Å². The zero-order valence-corrected chi connectivity index (χ0v) is 10.1. The minimum atomic E-state index is -0.0149. The van der Waals surface area contributed by atoms with Gasteiger partial charge in [-0.1, -0.05) is 13.8 Å². The van der Waals surface area contributed by atoms with Crippen molar-refractivity contribution in [2.24, 2.45) is 5.92 Å². The van der Waals surface area contributed by atoms with Crippen LogP contribution < -0.4 is 5.32 Å². The predicted octanol–water partition coefficient (Wildman–Crippen LogP) is 2.75. The number of nitrogens with zero attached hydrogens (tertiary/aromatic N) is 1. The average Bonchev–Trinajstić information content (AvgIpc) is 2.11. The summed E-state index contributed by atoms with van der Waals surface area (Å²) in [6.45, 7) is 5.64. The van der Waals surface area contributed by atoms with E-state index >= 15 is 0 Å². The highest BCUT2D eigenvalue weighted by Gasteiger charge is 2.07. The second-order valence-corrected chi connectivity index (χ2v) is 4.23. The van der Waals surface area contributed by atoms with Crippen molar-refractivity contribution >= 4 is 27.5 Å². The molecule has 4 heteroatoms. The van der Waals surface area contributed by atoms with Crippen molar-refractivity contribution in [1.82, 2.24) is 4.98 Å². The monoisotopic (exact) mass is 256 g/mol. The van der Waals surface area contributed by atoms with Crippen LogP contribution in [-0.2, 0) is 4.79 Å². The molecular weight excluding hydrogens is 244 g/mol. The van der Waals surface area contributed by atoms with Gasteiger partial charge in [-0.3, -0.25) is 4.79 Å². The van der Waals surface area contributed by atoms with Crippen molar-refractivity contribution in [3.8, 4) is 0 Å². The van der Waals surface area contributed by atoms with Crippen LogP contribution in [0.5, 0.6) is 0 Å². The number of halogens is 1. The van der Waals surface area contributed by atoms with E-state index in [0.29, 0.717) is 0 Å². The summed E-state index contributed by atoms with van der Waals surface area (Å²) in [5.41, 5.74) is 1.75. The van der Waals surface area contributed by atoms with Gasteiger partial charge in [0.05, 0.1) is 11.9 Å². The van der Waals surface area contributed by atoms with Crippen LogP contribution in [0.15, 0.2) is 16.9 Å². The molecule has 0 aliphatic carbocycles. The van der Waals surface area contributed by atoms with Crippen LogP contribution >= 0.6 is 15.9 Å². The number of aryl methyl sites for hydroxylation is 1. The molecule has 0 saturated heterocycles. The maximum absolute atomic E-state index is 11.4. The third kappa shape index (κ3) is 2.80. The third-order valence-corrected chi connectivity index (χ3v) is 2.64. The standard InChI is InChI=1S/C10H13BrN2O/c1-6(2)10(14)13-8-4-7(3)9(11)12-5-8/h4-6H,1-3H3,(H,13,14). The Morgan fingerprint density at radius 3 is 2.71 bits per heavy atom. The predicted molar refractivity (Wildman–Crippen MR) is 60.1 cm³/mol. The summed E-state index contributed by atoms with van der Waals surface area (Å²) < 4.78 is 0.806. The van der Waals surface area contributed by atoms with Crippen molar-refractivity contribution in [1.29, 1.82) is 0 Å². The fourth-order valence-corrected chi connectivity index (χ4v) is 1.13. The van der Waals surface area contributed by atoms with Gasteiger partial charge in [-0.2, -0.15) is 0 Å². The van der Waals surface area contributed by atoms with Crippen molar-refractivity contribution in [2.45, 2.75) is 20.8 Å². The highest BCUT2D eigenvalue weighted by atomic mass is 79.9. The van der Waals surface area contributed by atoms with Crippen LogP contribution in [0.25, 0.3) is 0 Å². The molecule has 1 N–H and O–H groups in total. The molecule has 1 heterocycles. The van der Waals surface area contributed by atoms with Gasteiger partial charge in [-0.05, 0) is 34.5 Å². The Hall–Kier alpha value is -0.900. The molecule has 0 saturated carbocycles. The molecule has 0 aromatic carbocycles. The van der Waals surface area contributed by atoms with Gasteiger partial charge in [0.25, 0.3) is 0 Å². The van der Waals surface area contributed by atoms with Crippen LogP contribution in [0.3, 0.4) is 0 Å². The normalized spacial score (nSPS) is 10.4. The van der Waals surface area contributed by atoms with Crippen LogP contribution in [0, 0.1) is 12.8 Å².